The van der Waals surface area contributed by atoms with Crippen molar-refractivity contribution < 1.29 is 40.0 Å². The van der Waals surface area contributed by atoms with Gasteiger partial charge in [-0.2, -0.15) is 18.2 Å². The fourth-order valence-corrected chi connectivity index (χ4v) is 10.3. The molecule has 3 heterocycles. The summed E-state index contributed by atoms with van der Waals surface area (Å²) in [5.74, 6) is 1.35. The van der Waals surface area contributed by atoms with Gasteiger partial charge in [-0.3, -0.25) is 4.57 Å². The standard InChI is InChI=1S/C72H62N4O.Pt/c1-70(2,3)55-41-53(42-56(44-55)71(4,5)6)61-31-21-30-60(51-24-14-10-15-25-51)69(61)75-48-74(65-32-18-19-33-66(65)75)57-28-20-29-58(45-57)77-59-35-36-62-63-43-52(50-22-12-9-13-23-50)34-37-64(63)76(67(62)46-59)68-40-49(38-39-73-68)47-72(7,8)54-26-16-11-17-27-54;/h9-44H,47H2,1-8H3;/q-2;/i10D,14D,15D,24D,25D,47D2;. The third-order valence-corrected chi connectivity index (χ3v) is 14.5. The van der Waals surface area contributed by atoms with Gasteiger partial charge in [0.15, 0.2) is 0 Å². The molecule has 0 radical (unpaired) electrons. The molecule has 0 bridgehead atoms. The molecule has 0 atom stereocenters. The maximum absolute atomic E-state index is 9.65. The molecular weight excluding hydrogens is 1130 g/mol. The van der Waals surface area contributed by atoms with Gasteiger partial charge in [-0.25, -0.2) is 4.98 Å². The molecule has 0 fully saturated rings. The Hall–Kier alpha value is -8.11. The number of hydrogen-bond donors (Lipinski definition) is 0. The summed E-state index contributed by atoms with van der Waals surface area (Å²) in [6, 6.07) is 65.1. The number of pyridine rings is 1. The second-order valence-electron chi connectivity index (χ2n) is 22.3. The van der Waals surface area contributed by atoms with Crippen molar-refractivity contribution in [3.8, 4) is 62.1 Å². The first kappa shape index (κ1) is 43.9. The van der Waals surface area contributed by atoms with Crippen LogP contribution in [0.25, 0.3) is 83.4 Å². The molecule has 0 aliphatic heterocycles. The minimum Gasteiger partial charge on any atom is -0.510 e. The van der Waals surface area contributed by atoms with Crippen molar-refractivity contribution in [2.45, 2.75) is 78.0 Å². The summed E-state index contributed by atoms with van der Waals surface area (Å²) in [5.41, 5.74) is 11.0. The Bertz CT molecular complexity index is 4500. The minimum atomic E-state index is -1.80. The molecule has 0 spiro atoms. The number of hydrogen-bond acceptors (Lipinski definition) is 2. The van der Waals surface area contributed by atoms with Gasteiger partial charge in [0.1, 0.15) is 5.82 Å². The van der Waals surface area contributed by atoms with Gasteiger partial charge >= 0.3 is 0 Å². The van der Waals surface area contributed by atoms with E-state index in [-0.39, 0.29) is 49.5 Å². The summed E-state index contributed by atoms with van der Waals surface area (Å²) < 4.78 is 76.5. The van der Waals surface area contributed by atoms with Gasteiger partial charge in [-0.1, -0.05) is 225 Å². The smallest absolute Gasteiger partial charge is 0.268 e. The first-order valence-electron chi connectivity index (χ1n) is 29.6. The van der Waals surface area contributed by atoms with Crippen LogP contribution in [0.15, 0.2) is 218 Å². The largest absolute Gasteiger partial charge is 0.510 e. The van der Waals surface area contributed by atoms with Crippen LogP contribution in [0, 0.1) is 18.5 Å². The van der Waals surface area contributed by atoms with Crippen LogP contribution in [-0.2, 0) is 43.7 Å². The number of aromatic nitrogens is 4. The summed E-state index contributed by atoms with van der Waals surface area (Å²) in [5, 5.41) is 1.88. The van der Waals surface area contributed by atoms with E-state index in [1.165, 1.54) is 0 Å². The monoisotopic (exact) mass is 1200 g/mol. The number of fused-ring (bicyclic) bond motifs is 4. The third kappa shape index (κ3) is 10.0. The summed E-state index contributed by atoms with van der Waals surface area (Å²) in [6.07, 6.45) is 3.55. The zero-order chi connectivity index (χ0) is 59.2. The van der Waals surface area contributed by atoms with Crippen LogP contribution in [0.3, 0.4) is 0 Å². The Balaban J connectivity index is 0.00000752. The van der Waals surface area contributed by atoms with E-state index in [4.69, 9.17) is 13.8 Å². The molecule has 9 aromatic carbocycles. The molecule has 0 amide bonds. The van der Waals surface area contributed by atoms with Crippen molar-refractivity contribution in [1.82, 2.24) is 14.1 Å². The quantitative estimate of drug-likeness (QED) is 0.0956. The predicted octanol–water partition coefficient (Wildman–Crippen LogP) is 17.7. The molecule has 388 valence electrons. The topological polar surface area (TPSA) is 35.9 Å². The van der Waals surface area contributed by atoms with Crippen molar-refractivity contribution in [3.05, 3.63) is 259 Å². The number of ether oxygens (including phenoxy) is 1. The Kier molecular flexibility index (Phi) is 11.7. The SMILES string of the molecule is [2H]c1c([2H])c([2H])c(-c2cccc(-c3cc(C(C)(C)C)cc(C(C)(C)C)c3)c2-[n+]2[c-]n(-c3[c-]c(Oc4[c-]c5c(cc4)c4cc(-c6ccccc6)ccc4n5-c4cc(C([2H])([2H])C(C)(C)c5ccccc5)ccn4)ccc3)c3ccccc32)c([2H])c1[2H].[Pt]. The molecule has 6 heteroatoms. The van der Waals surface area contributed by atoms with Crippen LogP contribution < -0.4 is 9.30 Å². The average Bonchev–Trinajstić information content (AvgIpc) is 1.97. The van der Waals surface area contributed by atoms with Crippen molar-refractivity contribution in [2.24, 2.45) is 0 Å². The van der Waals surface area contributed by atoms with Crippen LogP contribution in [0.2, 0.25) is 0 Å². The number of imidazole rings is 1. The summed E-state index contributed by atoms with van der Waals surface area (Å²) >= 11 is 0. The van der Waals surface area contributed by atoms with Gasteiger partial charge in [0.25, 0.3) is 6.33 Å². The Morgan fingerprint density at radius 1 is 0.551 bits per heavy atom. The van der Waals surface area contributed by atoms with E-state index in [2.05, 4.69) is 109 Å². The Morgan fingerprint density at radius 2 is 1.22 bits per heavy atom. The van der Waals surface area contributed by atoms with Gasteiger partial charge in [0.2, 0.25) is 0 Å². The van der Waals surface area contributed by atoms with E-state index in [0.717, 1.165) is 66.3 Å². The maximum Gasteiger partial charge on any atom is 0.268 e. The van der Waals surface area contributed by atoms with E-state index in [9.17, 15) is 5.48 Å². The van der Waals surface area contributed by atoms with Crippen molar-refractivity contribution in [3.63, 3.8) is 0 Å². The molecule has 0 unspecified atom stereocenters. The van der Waals surface area contributed by atoms with Gasteiger partial charge < -0.3 is 13.9 Å². The molecule has 0 N–H and O–H groups in total. The second-order valence-corrected chi connectivity index (χ2v) is 22.3. The molecule has 0 saturated heterocycles. The number of para-hydroxylation sites is 3. The van der Waals surface area contributed by atoms with E-state index >= 15 is 0 Å². The molecule has 78 heavy (non-hydrogen) atoms. The van der Waals surface area contributed by atoms with E-state index in [1.807, 2.05) is 155 Å². The van der Waals surface area contributed by atoms with Crippen molar-refractivity contribution in [1.29, 1.82) is 0 Å². The molecule has 0 aliphatic rings. The van der Waals surface area contributed by atoms with Crippen molar-refractivity contribution in [2.75, 3.05) is 0 Å². The molecule has 5 nitrogen and oxygen atoms in total. The fourth-order valence-electron chi connectivity index (χ4n) is 10.3. The third-order valence-electron chi connectivity index (χ3n) is 14.5. The average molecular weight is 1200 g/mol. The van der Waals surface area contributed by atoms with Gasteiger partial charge in [0, 0.05) is 47.0 Å². The van der Waals surface area contributed by atoms with E-state index < -0.39 is 29.9 Å². The zero-order valence-electron chi connectivity index (χ0n) is 51.9. The van der Waals surface area contributed by atoms with Crippen molar-refractivity contribution >= 4 is 32.8 Å². The van der Waals surface area contributed by atoms with Crippen LogP contribution in [-0.4, -0.2) is 14.1 Å². The van der Waals surface area contributed by atoms with E-state index in [0.29, 0.717) is 45.3 Å². The number of nitrogens with zero attached hydrogens (tertiary/aromatic N) is 4. The van der Waals surface area contributed by atoms with Gasteiger partial charge in [0.05, 0.1) is 23.6 Å². The van der Waals surface area contributed by atoms with Gasteiger partial charge in [-0.05, 0) is 108 Å². The number of rotatable bonds is 11. The van der Waals surface area contributed by atoms with Crippen LogP contribution in [0.1, 0.15) is 87.2 Å². The first-order chi connectivity index (χ1) is 40.0. The van der Waals surface area contributed by atoms with Crippen LogP contribution in [0.4, 0.5) is 0 Å². The maximum atomic E-state index is 9.65. The Labute approximate surface area is 483 Å². The zero-order valence-corrected chi connectivity index (χ0v) is 47.2. The van der Waals surface area contributed by atoms with Crippen LogP contribution >= 0.6 is 0 Å². The molecule has 0 aliphatic carbocycles. The minimum absolute atomic E-state index is 0. The fraction of sp³-hybridized carbons (Fsp3) is 0.167. The summed E-state index contributed by atoms with van der Waals surface area (Å²) in [4.78, 5) is 4.91. The van der Waals surface area contributed by atoms with E-state index in [1.54, 1.807) is 12.3 Å². The molecule has 12 aromatic rings. The normalized spacial score (nSPS) is 13.5. The molecule has 0 saturated carbocycles. The summed E-state index contributed by atoms with van der Waals surface area (Å²) in [6.45, 7) is 17.0. The predicted molar refractivity (Wildman–Crippen MR) is 317 cm³/mol. The van der Waals surface area contributed by atoms with Crippen LogP contribution in [0.5, 0.6) is 11.5 Å². The summed E-state index contributed by atoms with van der Waals surface area (Å²) in [7, 11) is 0. The Morgan fingerprint density at radius 3 is 1.95 bits per heavy atom. The first-order valence-corrected chi connectivity index (χ1v) is 26.1. The molecular formula is C72H62N4OPt-2. The molecule has 12 rings (SSSR count). The second kappa shape index (κ2) is 20.7. The number of benzene rings is 9. The van der Waals surface area contributed by atoms with Gasteiger partial charge in [-0.15, -0.1) is 29.7 Å². The molecule has 3 aromatic heterocycles.